The highest BCUT2D eigenvalue weighted by molar-refractivity contribution is 5.97. The molecule has 1 saturated heterocycles. The van der Waals surface area contributed by atoms with E-state index in [9.17, 15) is 14.4 Å². The van der Waals surface area contributed by atoms with Gasteiger partial charge in [0.2, 0.25) is 11.8 Å². The average molecular weight is 277 g/mol. The summed E-state index contributed by atoms with van der Waals surface area (Å²) < 4.78 is 0. The summed E-state index contributed by atoms with van der Waals surface area (Å²) in [5.74, 6) is -1.77. The van der Waals surface area contributed by atoms with Gasteiger partial charge in [-0.2, -0.15) is 0 Å². The molecule has 1 aromatic rings. The number of hydrogen-bond donors (Lipinski definition) is 2. The molecule has 2 N–H and O–H groups in total. The van der Waals surface area contributed by atoms with Crippen molar-refractivity contribution in [3.05, 3.63) is 24.0 Å². The molecule has 0 bridgehead atoms. The highest BCUT2D eigenvalue weighted by Gasteiger charge is 2.33. The van der Waals surface area contributed by atoms with Crippen LogP contribution in [0.4, 0.5) is 5.69 Å². The van der Waals surface area contributed by atoms with Gasteiger partial charge in [0.05, 0.1) is 17.8 Å². The number of carboxylic acids is 1. The first-order valence-electron chi connectivity index (χ1n) is 6.29. The summed E-state index contributed by atoms with van der Waals surface area (Å²) in [6.07, 6.45) is 1.50. The van der Waals surface area contributed by atoms with E-state index in [2.05, 4.69) is 10.3 Å². The highest BCUT2D eigenvalue weighted by atomic mass is 16.4. The Balaban J connectivity index is 1.98. The second-order valence-corrected chi connectivity index (χ2v) is 4.56. The number of carbonyl (C=O) groups excluding carboxylic acids is 2. The van der Waals surface area contributed by atoms with Crippen LogP contribution in [0.5, 0.6) is 0 Å². The molecule has 2 rings (SSSR count). The minimum atomic E-state index is -1.12. The summed E-state index contributed by atoms with van der Waals surface area (Å²) in [5.41, 5.74) is 0.332. The number of likely N-dealkylation sites (tertiary alicyclic amines) is 1. The van der Waals surface area contributed by atoms with Crippen LogP contribution in [0.25, 0.3) is 0 Å². The van der Waals surface area contributed by atoms with Gasteiger partial charge < -0.3 is 15.3 Å². The molecule has 2 heterocycles. The first-order chi connectivity index (χ1) is 9.51. The fourth-order valence-corrected chi connectivity index (χ4v) is 2.09. The molecule has 106 valence electrons. The van der Waals surface area contributed by atoms with Crippen LogP contribution in [0.2, 0.25) is 0 Å². The molecule has 2 amide bonds. The van der Waals surface area contributed by atoms with Crippen LogP contribution >= 0.6 is 0 Å². The number of hydrogen-bond acceptors (Lipinski definition) is 4. The van der Waals surface area contributed by atoms with E-state index in [4.69, 9.17) is 5.11 Å². The molecule has 0 saturated carbocycles. The number of pyridine rings is 1. The predicted molar refractivity (Wildman–Crippen MR) is 70.2 cm³/mol. The number of rotatable bonds is 4. The fraction of sp³-hybridized carbons (Fsp3) is 0.385. The zero-order chi connectivity index (χ0) is 14.7. The molecule has 1 atom stereocenters. The number of nitrogens with zero attached hydrogens (tertiary/aromatic N) is 2. The van der Waals surface area contributed by atoms with Crippen molar-refractivity contribution in [2.75, 3.05) is 18.4 Å². The van der Waals surface area contributed by atoms with E-state index in [0.717, 1.165) is 0 Å². The summed E-state index contributed by atoms with van der Waals surface area (Å²) in [6, 6.07) is 2.79. The van der Waals surface area contributed by atoms with Gasteiger partial charge in [0, 0.05) is 19.5 Å². The maximum Gasteiger partial charge on any atom is 0.354 e. The smallest absolute Gasteiger partial charge is 0.354 e. The SMILES string of the molecule is CCN1CC(C(=O)Nc2ccc(C(=O)O)nc2)CC1=O. The van der Waals surface area contributed by atoms with Gasteiger partial charge in [-0.15, -0.1) is 0 Å². The van der Waals surface area contributed by atoms with Gasteiger partial charge in [-0.05, 0) is 19.1 Å². The second-order valence-electron chi connectivity index (χ2n) is 4.56. The van der Waals surface area contributed by atoms with Crippen LogP contribution in [-0.2, 0) is 9.59 Å². The zero-order valence-corrected chi connectivity index (χ0v) is 11.0. The molecule has 0 aliphatic carbocycles. The summed E-state index contributed by atoms with van der Waals surface area (Å²) in [6.45, 7) is 2.88. The number of amides is 2. The summed E-state index contributed by atoms with van der Waals surface area (Å²) >= 11 is 0. The zero-order valence-electron chi connectivity index (χ0n) is 11.0. The Morgan fingerprint density at radius 2 is 2.25 bits per heavy atom. The van der Waals surface area contributed by atoms with E-state index in [-0.39, 0.29) is 29.8 Å². The first-order valence-corrected chi connectivity index (χ1v) is 6.29. The van der Waals surface area contributed by atoms with E-state index in [1.807, 2.05) is 6.92 Å². The quantitative estimate of drug-likeness (QED) is 0.839. The van der Waals surface area contributed by atoms with Crippen LogP contribution in [0.3, 0.4) is 0 Å². The molecule has 1 aromatic heterocycles. The Hall–Kier alpha value is -2.44. The normalized spacial score (nSPS) is 18.1. The fourth-order valence-electron chi connectivity index (χ4n) is 2.09. The van der Waals surface area contributed by atoms with Crippen molar-refractivity contribution in [3.63, 3.8) is 0 Å². The highest BCUT2D eigenvalue weighted by Crippen LogP contribution is 2.19. The van der Waals surface area contributed by atoms with Crippen molar-refractivity contribution in [1.29, 1.82) is 0 Å². The Morgan fingerprint density at radius 1 is 1.50 bits per heavy atom. The minimum Gasteiger partial charge on any atom is -0.477 e. The number of nitrogens with one attached hydrogen (secondary N) is 1. The first kappa shape index (κ1) is 14.0. The third-order valence-corrected chi connectivity index (χ3v) is 3.22. The summed E-state index contributed by atoms with van der Waals surface area (Å²) in [5, 5.41) is 11.4. The number of carbonyl (C=O) groups is 3. The molecule has 0 radical (unpaired) electrons. The van der Waals surface area contributed by atoms with Crippen molar-refractivity contribution in [2.45, 2.75) is 13.3 Å². The van der Waals surface area contributed by atoms with Gasteiger partial charge in [0.15, 0.2) is 0 Å². The van der Waals surface area contributed by atoms with Gasteiger partial charge >= 0.3 is 5.97 Å². The lowest BCUT2D eigenvalue weighted by molar-refractivity contribution is -0.128. The molecule has 1 aliphatic rings. The van der Waals surface area contributed by atoms with E-state index in [1.165, 1.54) is 18.3 Å². The Bertz CT molecular complexity index is 541. The molecule has 7 nitrogen and oxygen atoms in total. The Kier molecular flexibility index (Phi) is 3.97. The largest absolute Gasteiger partial charge is 0.477 e. The van der Waals surface area contributed by atoms with Crippen LogP contribution in [0.15, 0.2) is 18.3 Å². The van der Waals surface area contributed by atoms with Gasteiger partial charge in [-0.3, -0.25) is 9.59 Å². The van der Waals surface area contributed by atoms with E-state index >= 15 is 0 Å². The standard InChI is InChI=1S/C13H15N3O4/c1-2-16-7-8(5-11(16)17)12(18)15-9-3-4-10(13(19)20)14-6-9/h3-4,6,8H,2,5,7H2,1H3,(H,15,18)(H,19,20). The lowest BCUT2D eigenvalue weighted by Gasteiger charge is -2.13. The van der Waals surface area contributed by atoms with Gasteiger partial charge in [0.25, 0.3) is 0 Å². The molecule has 20 heavy (non-hydrogen) atoms. The molecule has 1 aliphatic heterocycles. The Labute approximate surface area is 115 Å². The maximum absolute atomic E-state index is 12.0. The number of aromatic carboxylic acids is 1. The summed E-state index contributed by atoms with van der Waals surface area (Å²) in [4.78, 5) is 39.6. The predicted octanol–water partition coefficient (Wildman–Crippen LogP) is 0.587. The topological polar surface area (TPSA) is 99.6 Å². The second kappa shape index (κ2) is 5.68. The van der Waals surface area contributed by atoms with Crippen LogP contribution in [0.1, 0.15) is 23.8 Å². The van der Waals surface area contributed by atoms with Crippen molar-refractivity contribution >= 4 is 23.5 Å². The Morgan fingerprint density at radius 3 is 2.75 bits per heavy atom. The summed E-state index contributed by atoms with van der Waals surface area (Å²) in [7, 11) is 0. The monoisotopic (exact) mass is 277 g/mol. The van der Waals surface area contributed by atoms with Crippen LogP contribution < -0.4 is 5.32 Å². The molecular weight excluding hydrogens is 262 g/mol. The average Bonchev–Trinajstić information content (AvgIpc) is 2.80. The number of anilines is 1. The molecule has 0 spiro atoms. The van der Waals surface area contributed by atoms with Crippen LogP contribution in [0, 0.1) is 5.92 Å². The third kappa shape index (κ3) is 2.93. The molecule has 1 fully saturated rings. The molecule has 1 unspecified atom stereocenters. The van der Waals surface area contributed by atoms with Gasteiger partial charge in [-0.1, -0.05) is 0 Å². The number of aromatic nitrogens is 1. The van der Waals surface area contributed by atoms with Crippen molar-refractivity contribution in [1.82, 2.24) is 9.88 Å². The minimum absolute atomic E-state index is 0.0213. The van der Waals surface area contributed by atoms with Gasteiger partial charge in [0.1, 0.15) is 5.69 Å². The molecule has 7 heteroatoms. The molecular formula is C13H15N3O4. The van der Waals surface area contributed by atoms with E-state index in [0.29, 0.717) is 18.8 Å². The number of carboxylic acid groups (broad SMARTS) is 1. The van der Waals surface area contributed by atoms with E-state index in [1.54, 1.807) is 4.90 Å². The lowest BCUT2D eigenvalue weighted by atomic mass is 10.1. The van der Waals surface area contributed by atoms with E-state index < -0.39 is 5.97 Å². The van der Waals surface area contributed by atoms with Crippen molar-refractivity contribution < 1.29 is 19.5 Å². The van der Waals surface area contributed by atoms with Crippen molar-refractivity contribution in [3.8, 4) is 0 Å². The molecule has 0 aromatic carbocycles. The lowest BCUT2D eigenvalue weighted by Crippen LogP contribution is -2.28. The maximum atomic E-state index is 12.0. The van der Waals surface area contributed by atoms with Crippen LogP contribution in [-0.4, -0.2) is 45.9 Å². The van der Waals surface area contributed by atoms with Crippen molar-refractivity contribution in [2.24, 2.45) is 5.92 Å². The van der Waals surface area contributed by atoms with Gasteiger partial charge in [-0.25, -0.2) is 9.78 Å². The third-order valence-electron chi connectivity index (χ3n) is 3.22.